The molecule has 0 N–H and O–H groups in total. The molecule has 2 nitrogen and oxygen atoms in total. The van der Waals surface area contributed by atoms with Crippen LogP contribution in [-0.4, -0.2) is 6.10 Å². The lowest BCUT2D eigenvalue weighted by Crippen LogP contribution is -2.22. The van der Waals surface area contributed by atoms with Crippen molar-refractivity contribution in [3.8, 4) is 39.1 Å². The van der Waals surface area contributed by atoms with Gasteiger partial charge >= 0.3 is 0 Å². The molecule has 3 aliphatic rings. The SMILES string of the molecule is C1=CC2=C(C=CC3Oc4ccc(N(c5ccc(-c6ccc(-c7ccccc7)cc6)cc5)c5cccc(-c6ccccc6)c5)cc4C23)CC1. The summed E-state index contributed by atoms with van der Waals surface area (Å²) < 4.78 is 6.51. The zero-order valence-corrected chi connectivity index (χ0v) is 26.7. The van der Waals surface area contributed by atoms with Crippen molar-refractivity contribution in [3.05, 3.63) is 193 Å². The van der Waals surface area contributed by atoms with Gasteiger partial charge in [-0.05, 0) is 106 Å². The maximum atomic E-state index is 6.51. The van der Waals surface area contributed by atoms with Crippen LogP contribution in [0.2, 0.25) is 0 Å². The third kappa shape index (κ3) is 5.16. The number of anilines is 3. The lowest BCUT2D eigenvalue weighted by Gasteiger charge is -2.28. The third-order valence-electron chi connectivity index (χ3n) is 9.91. The van der Waals surface area contributed by atoms with E-state index in [4.69, 9.17) is 4.74 Å². The second-order valence-electron chi connectivity index (χ2n) is 12.8. The summed E-state index contributed by atoms with van der Waals surface area (Å²) in [5.41, 5.74) is 14.7. The van der Waals surface area contributed by atoms with E-state index < -0.39 is 0 Å². The summed E-state index contributed by atoms with van der Waals surface area (Å²) in [5, 5.41) is 0. The Hall–Kier alpha value is -5.86. The fourth-order valence-electron chi connectivity index (χ4n) is 7.50. The van der Waals surface area contributed by atoms with Crippen LogP contribution in [0, 0.1) is 0 Å². The number of nitrogens with zero attached hydrogens (tertiary/aromatic N) is 1. The molecule has 6 aromatic rings. The number of hydrogen-bond acceptors (Lipinski definition) is 2. The molecule has 2 unspecified atom stereocenters. The van der Waals surface area contributed by atoms with Crippen LogP contribution in [0.3, 0.4) is 0 Å². The van der Waals surface area contributed by atoms with Crippen LogP contribution >= 0.6 is 0 Å². The molecule has 1 aliphatic heterocycles. The van der Waals surface area contributed by atoms with Crippen LogP contribution < -0.4 is 9.64 Å². The molecule has 2 atom stereocenters. The zero-order chi connectivity index (χ0) is 31.9. The molecular formula is C46H35NO. The van der Waals surface area contributed by atoms with Gasteiger partial charge in [0.25, 0.3) is 0 Å². The first kappa shape index (κ1) is 28.4. The fraction of sp³-hybridized carbons (Fsp3) is 0.0870. The predicted molar refractivity (Wildman–Crippen MR) is 199 cm³/mol. The van der Waals surface area contributed by atoms with E-state index in [9.17, 15) is 0 Å². The number of allylic oxidation sites excluding steroid dienone is 4. The molecule has 0 bridgehead atoms. The molecule has 1 heterocycles. The van der Waals surface area contributed by atoms with Crippen LogP contribution in [0.25, 0.3) is 33.4 Å². The zero-order valence-electron chi connectivity index (χ0n) is 26.7. The molecule has 0 fully saturated rings. The summed E-state index contributed by atoms with van der Waals surface area (Å²) in [6, 6.07) is 54.6. The number of benzene rings is 6. The Morgan fingerprint density at radius 3 is 1.79 bits per heavy atom. The van der Waals surface area contributed by atoms with E-state index in [0.29, 0.717) is 0 Å². The first-order valence-corrected chi connectivity index (χ1v) is 16.9. The smallest absolute Gasteiger partial charge is 0.128 e. The molecular weight excluding hydrogens is 583 g/mol. The van der Waals surface area contributed by atoms with Crippen molar-refractivity contribution in [2.24, 2.45) is 0 Å². The standard InChI is InChI=1S/C46H35NO/c1-3-10-32(11-4-1)34-18-20-35(21-19-34)36-22-25-39(26-23-36)47(40-16-9-15-38(30-40)33-12-5-2-6-13-33)41-27-29-44-43(31-41)46-42-17-8-7-14-37(42)24-28-45(46)48-44/h1-6,8-13,15-31,45-46H,7,14H2. The highest BCUT2D eigenvalue weighted by molar-refractivity contribution is 5.82. The topological polar surface area (TPSA) is 12.5 Å². The summed E-state index contributed by atoms with van der Waals surface area (Å²) in [5.74, 6) is 1.20. The Morgan fingerprint density at radius 2 is 1.08 bits per heavy atom. The average molecular weight is 618 g/mol. The van der Waals surface area contributed by atoms with Crippen molar-refractivity contribution < 1.29 is 4.74 Å². The molecule has 2 heteroatoms. The lowest BCUT2D eigenvalue weighted by molar-refractivity contribution is 0.265. The summed E-state index contributed by atoms with van der Waals surface area (Å²) >= 11 is 0. The summed E-state index contributed by atoms with van der Waals surface area (Å²) in [6.45, 7) is 0. The highest BCUT2D eigenvalue weighted by Gasteiger charge is 2.38. The Bertz CT molecular complexity index is 2190. The van der Waals surface area contributed by atoms with Crippen molar-refractivity contribution >= 4 is 17.1 Å². The van der Waals surface area contributed by atoms with E-state index in [2.05, 4.69) is 181 Å². The van der Waals surface area contributed by atoms with E-state index in [0.717, 1.165) is 35.7 Å². The molecule has 0 spiro atoms. The Kier molecular flexibility index (Phi) is 7.13. The quantitative estimate of drug-likeness (QED) is 0.184. The third-order valence-corrected chi connectivity index (χ3v) is 9.91. The van der Waals surface area contributed by atoms with E-state index in [1.54, 1.807) is 0 Å². The maximum Gasteiger partial charge on any atom is 0.128 e. The molecule has 0 saturated heterocycles. The minimum Gasteiger partial charge on any atom is -0.485 e. The van der Waals surface area contributed by atoms with Gasteiger partial charge in [0.2, 0.25) is 0 Å². The van der Waals surface area contributed by atoms with Gasteiger partial charge in [-0.2, -0.15) is 0 Å². The Balaban J connectivity index is 1.11. The molecule has 0 aromatic heterocycles. The minimum absolute atomic E-state index is 0.0409. The van der Waals surface area contributed by atoms with Crippen LogP contribution in [-0.2, 0) is 0 Å². The predicted octanol–water partition coefficient (Wildman–Crippen LogP) is 12.2. The molecule has 0 saturated carbocycles. The summed E-state index contributed by atoms with van der Waals surface area (Å²) in [4.78, 5) is 2.38. The summed E-state index contributed by atoms with van der Waals surface area (Å²) in [7, 11) is 0. The summed E-state index contributed by atoms with van der Waals surface area (Å²) in [6.07, 6.45) is 11.4. The largest absolute Gasteiger partial charge is 0.485 e. The average Bonchev–Trinajstić information content (AvgIpc) is 3.55. The van der Waals surface area contributed by atoms with Gasteiger partial charge in [0.05, 0.1) is 5.92 Å². The normalized spacial score (nSPS) is 17.3. The van der Waals surface area contributed by atoms with Gasteiger partial charge in [-0.15, -0.1) is 0 Å². The van der Waals surface area contributed by atoms with Gasteiger partial charge in [-0.3, -0.25) is 0 Å². The van der Waals surface area contributed by atoms with Crippen molar-refractivity contribution in [1.29, 1.82) is 0 Å². The van der Waals surface area contributed by atoms with Crippen molar-refractivity contribution in [2.45, 2.75) is 24.9 Å². The Labute approximate surface area is 282 Å². The molecule has 230 valence electrons. The van der Waals surface area contributed by atoms with E-state index in [-0.39, 0.29) is 12.0 Å². The second kappa shape index (κ2) is 12.1. The van der Waals surface area contributed by atoms with Crippen LogP contribution in [0.4, 0.5) is 17.1 Å². The van der Waals surface area contributed by atoms with Crippen molar-refractivity contribution in [2.75, 3.05) is 4.90 Å². The van der Waals surface area contributed by atoms with Crippen LogP contribution in [0.1, 0.15) is 24.3 Å². The highest BCUT2D eigenvalue weighted by atomic mass is 16.5. The monoisotopic (exact) mass is 617 g/mol. The van der Waals surface area contributed by atoms with Gasteiger partial charge in [-0.1, -0.05) is 127 Å². The lowest BCUT2D eigenvalue weighted by atomic mass is 9.78. The number of fused-ring (bicyclic) bond motifs is 4. The van der Waals surface area contributed by atoms with Gasteiger partial charge in [0.15, 0.2) is 0 Å². The Morgan fingerprint density at radius 1 is 0.500 bits per heavy atom. The second-order valence-corrected chi connectivity index (χ2v) is 12.8. The van der Waals surface area contributed by atoms with Crippen molar-refractivity contribution in [1.82, 2.24) is 0 Å². The maximum absolute atomic E-state index is 6.51. The van der Waals surface area contributed by atoms with E-state index in [1.807, 2.05) is 0 Å². The van der Waals surface area contributed by atoms with Gasteiger partial charge in [0.1, 0.15) is 11.9 Å². The minimum atomic E-state index is 0.0409. The molecule has 2 aliphatic carbocycles. The molecule has 6 aromatic carbocycles. The molecule has 48 heavy (non-hydrogen) atoms. The number of hydrogen-bond donors (Lipinski definition) is 0. The first-order valence-electron chi connectivity index (χ1n) is 16.9. The van der Waals surface area contributed by atoms with E-state index in [1.165, 1.54) is 50.1 Å². The highest BCUT2D eigenvalue weighted by Crippen LogP contribution is 2.50. The molecule has 0 radical (unpaired) electrons. The van der Waals surface area contributed by atoms with Crippen LogP contribution in [0.15, 0.2) is 187 Å². The molecule has 0 amide bonds. The van der Waals surface area contributed by atoms with Gasteiger partial charge in [0, 0.05) is 22.6 Å². The fourth-order valence-corrected chi connectivity index (χ4v) is 7.50. The number of rotatable bonds is 6. The first-order chi connectivity index (χ1) is 23.8. The number of ether oxygens (including phenoxy) is 1. The van der Waals surface area contributed by atoms with Gasteiger partial charge < -0.3 is 9.64 Å². The van der Waals surface area contributed by atoms with Crippen molar-refractivity contribution in [3.63, 3.8) is 0 Å². The van der Waals surface area contributed by atoms with E-state index >= 15 is 0 Å². The van der Waals surface area contributed by atoms with Crippen LogP contribution in [0.5, 0.6) is 5.75 Å². The van der Waals surface area contributed by atoms with Gasteiger partial charge in [-0.25, -0.2) is 0 Å². The molecule has 9 rings (SSSR count).